The Hall–Kier alpha value is -1.65. The monoisotopic (exact) mass is 390 g/mol. The highest BCUT2D eigenvalue weighted by Crippen LogP contribution is 2.50. The molecule has 1 fully saturated rings. The van der Waals surface area contributed by atoms with Gasteiger partial charge >= 0.3 is 5.97 Å². The van der Waals surface area contributed by atoms with Gasteiger partial charge in [0, 0.05) is 19.1 Å². The van der Waals surface area contributed by atoms with Gasteiger partial charge in [0.15, 0.2) is 0 Å². The number of carbonyl (C=O) groups is 1. The summed E-state index contributed by atoms with van der Waals surface area (Å²) in [5.74, 6) is 0.900. The lowest BCUT2D eigenvalue weighted by molar-refractivity contribution is -0.135. The van der Waals surface area contributed by atoms with Crippen LogP contribution in [-0.4, -0.2) is 33.1 Å². The fourth-order valence-electron chi connectivity index (χ4n) is 4.90. The first kappa shape index (κ1) is 24.4. The van der Waals surface area contributed by atoms with E-state index in [0.29, 0.717) is 11.8 Å². The first-order valence-corrected chi connectivity index (χ1v) is 10.0. The van der Waals surface area contributed by atoms with Crippen molar-refractivity contribution >= 4 is 5.97 Å². The molecule has 0 aliphatic heterocycles. The Balaban J connectivity index is 3.34. The second kappa shape index (κ2) is 11.4. The lowest BCUT2D eigenvalue weighted by Gasteiger charge is -2.49. The molecule has 4 heteroatoms. The topological polar surface area (TPSA) is 44.8 Å². The highest BCUT2D eigenvalue weighted by molar-refractivity contribution is 5.81. The summed E-state index contributed by atoms with van der Waals surface area (Å²) < 4.78 is 16.0. The van der Waals surface area contributed by atoms with Crippen LogP contribution >= 0.6 is 0 Å². The van der Waals surface area contributed by atoms with Gasteiger partial charge in [-0.1, -0.05) is 56.7 Å². The van der Waals surface area contributed by atoms with E-state index in [2.05, 4.69) is 53.3 Å². The van der Waals surface area contributed by atoms with E-state index in [0.717, 1.165) is 18.4 Å². The van der Waals surface area contributed by atoms with Crippen molar-refractivity contribution in [2.24, 2.45) is 23.2 Å². The molecule has 0 heterocycles. The fraction of sp³-hybridized carbons (Fsp3) is 0.625. The van der Waals surface area contributed by atoms with E-state index in [1.165, 1.54) is 18.8 Å². The molecule has 1 saturated carbocycles. The second-order valence-corrected chi connectivity index (χ2v) is 8.45. The Morgan fingerprint density at radius 3 is 2.50 bits per heavy atom. The Bertz CT molecular complexity index is 616. The quantitative estimate of drug-likeness (QED) is 0.227. The molecule has 0 unspecified atom stereocenters. The van der Waals surface area contributed by atoms with E-state index in [-0.39, 0.29) is 30.2 Å². The van der Waals surface area contributed by atoms with Crippen LogP contribution in [0.15, 0.2) is 48.1 Å². The van der Waals surface area contributed by atoms with E-state index in [4.69, 9.17) is 14.2 Å². The lowest BCUT2D eigenvalue weighted by Crippen LogP contribution is -2.45. The maximum Gasteiger partial charge on any atom is 0.330 e. The summed E-state index contributed by atoms with van der Waals surface area (Å²) in [4.78, 5) is 11.7. The third kappa shape index (κ3) is 7.06. The molecule has 0 bridgehead atoms. The van der Waals surface area contributed by atoms with E-state index in [9.17, 15) is 4.79 Å². The summed E-state index contributed by atoms with van der Waals surface area (Å²) in [6, 6.07) is 0. The van der Waals surface area contributed by atoms with Crippen LogP contribution in [0.25, 0.3) is 0 Å². The molecule has 0 aromatic heterocycles. The van der Waals surface area contributed by atoms with Crippen LogP contribution in [0.1, 0.15) is 47.5 Å². The van der Waals surface area contributed by atoms with Crippen molar-refractivity contribution in [3.63, 3.8) is 0 Å². The van der Waals surface area contributed by atoms with Gasteiger partial charge in [0.05, 0.1) is 13.2 Å². The van der Waals surface area contributed by atoms with Crippen molar-refractivity contribution in [1.82, 2.24) is 0 Å². The number of methoxy groups -OCH3 is 2. The molecule has 158 valence electrons. The number of hydrogen-bond acceptors (Lipinski definition) is 4. The van der Waals surface area contributed by atoms with Gasteiger partial charge in [0.25, 0.3) is 0 Å². The van der Waals surface area contributed by atoms with Gasteiger partial charge in [0.1, 0.15) is 6.79 Å². The molecule has 4 nitrogen and oxygen atoms in total. The summed E-state index contributed by atoms with van der Waals surface area (Å²) in [5, 5.41) is 0. The zero-order valence-corrected chi connectivity index (χ0v) is 18.7. The first-order chi connectivity index (χ1) is 13.2. The molecule has 0 aromatic carbocycles. The fourth-order valence-corrected chi connectivity index (χ4v) is 4.90. The van der Waals surface area contributed by atoms with Crippen molar-refractivity contribution in [2.75, 3.05) is 21.0 Å². The average Bonchev–Trinajstić information content (AvgIpc) is 2.61. The van der Waals surface area contributed by atoms with E-state index in [1.54, 1.807) is 7.11 Å². The number of rotatable bonds is 9. The standard InChI is InChI=1S/C24H38O4/c1-9-17(2)12-18(3)14-24(6)15-19(4)13-20(5)23(24)21(28-16-26-7)10-11-22(25)27-8/h9-12,14,19-21,23H,1,13,15-16H2,2-8H3/b11-10+,17-12+,18-14+/t19-,20+,21-,23+,24-/m1/s1. The van der Waals surface area contributed by atoms with Crippen molar-refractivity contribution < 1.29 is 19.0 Å². The predicted octanol–water partition coefficient (Wildman–Crippen LogP) is 5.47. The number of esters is 1. The molecule has 0 N–H and O–H groups in total. The van der Waals surface area contributed by atoms with Crippen LogP contribution in [0.5, 0.6) is 0 Å². The molecule has 0 spiro atoms. The van der Waals surface area contributed by atoms with Crippen molar-refractivity contribution in [3.05, 3.63) is 48.1 Å². The minimum absolute atomic E-state index is 0.0714. The largest absolute Gasteiger partial charge is 0.466 e. The van der Waals surface area contributed by atoms with E-state index in [1.807, 2.05) is 12.2 Å². The molecule has 1 aliphatic rings. The van der Waals surface area contributed by atoms with Crippen LogP contribution in [0.4, 0.5) is 0 Å². The van der Waals surface area contributed by atoms with Crippen LogP contribution in [0.3, 0.4) is 0 Å². The summed E-state index contributed by atoms with van der Waals surface area (Å²) >= 11 is 0. The summed E-state index contributed by atoms with van der Waals surface area (Å²) in [6.45, 7) is 15.1. The maximum atomic E-state index is 11.7. The Labute approximate surface area is 171 Å². The minimum Gasteiger partial charge on any atom is -0.466 e. The average molecular weight is 391 g/mol. The molecule has 1 aliphatic carbocycles. The van der Waals surface area contributed by atoms with Crippen molar-refractivity contribution in [3.8, 4) is 0 Å². The SMILES string of the molecule is C=C/C(C)=C/C(C)=C/[C@]1(C)C[C@H](C)C[C@H](C)[C@H]1[C@@H](/C=C/C(=O)OC)OCOC. The molecule has 0 saturated heterocycles. The molecule has 0 radical (unpaired) electrons. The minimum atomic E-state index is -0.374. The maximum absolute atomic E-state index is 11.7. The van der Waals surface area contributed by atoms with Gasteiger partial charge in [-0.3, -0.25) is 0 Å². The molecule has 5 atom stereocenters. The smallest absolute Gasteiger partial charge is 0.330 e. The van der Waals surface area contributed by atoms with Gasteiger partial charge in [-0.2, -0.15) is 0 Å². The van der Waals surface area contributed by atoms with Gasteiger partial charge in [-0.15, -0.1) is 0 Å². The van der Waals surface area contributed by atoms with Crippen molar-refractivity contribution in [2.45, 2.75) is 53.6 Å². The van der Waals surface area contributed by atoms with Crippen LogP contribution in [0, 0.1) is 23.2 Å². The molecule has 1 rings (SSSR count). The Morgan fingerprint density at radius 1 is 1.25 bits per heavy atom. The third-order valence-electron chi connectivity index (χ3n) is 5.63. The van der Waals surface area contributed by atoms with Crippen LogP contribution in [0.2, 0.25) is 0 Å². The first-order valence-electron chi connectivity index (χ1n) is 10.0. The van der Waals surface area contributed by atoms with Crippen molar-refractivity contribution in [1.29, 1.82) is 0 Å². The van der Waals surface area contributed by atoms with Gasteiger partial charge < -0.3 is 14.2 Å². The second-order valence-electron chi connectivity index (χ2n) is 8.45. The molecular weight excluding hydrogens is 352 g/mol. The number of ether oxygens (including phenoxy) is 3. The normalized spacial score (nSPS) is 30.3. The van der Waals surface area contributed by atoms with Gasteiger partial charge in [-0.25, -0.2) is 4.79 Å². The van der Waals surface area contributed by atoms with Gasteiger partial charge in [0.2, 0.25) is 0 Å². The summed E-state index contributed by atoms with van der Waals surface area (Å²) in [6.07, 6.45) is 11.7. The lowest BCUT2D eigenvalue weighted by atomic mass is 9.58. The van der Waals surface area contributed by atoms with Crippen LogP contribution in [-0.2, 0) is 19.0 Å². The highest BCUT2D eigenvalue weighted by Gasteiger charge is 2.45. The van der Waals surface area contributed by atoms with E-state index >= 15 is 0 Å². The molecule has 28 heavy (non-hydrogen) atoms. The van der Waals surface area contributed by atoms with Gasteiger partial charge in [-0.05, 0) is 50.0 Å². The number of hydrogen-bond donors (Lipinski definition) is 0. The summed E-state index contributed by atoms with van der Waals surface area (Å²) in [7, 11) is 2.99. The molecular formula is C24H38O4. The number of carbonyl (C=O) groups excluding carboxylic acids is 1. The number of allylic oxidation sites excluding steroid dienone is 5. The van der Waals surface area contributed by atoms with E-state index < -0.39 is 0 Å². The Kier molecular flexibility index (Phi) is 9.91. The third-order valence-corrected chi connectivity index (χ3v) is 5.63. The predicted molar refractivity (Wildman–Crippen MR) is 115 cm³/mol. The zero-order valence-electron chi connectivity index (χ0n) is 18.7. The molecule has 0 amide bonds. The van der Waals surface area contributed by atoms with Crippen LogP contribution < -0.4 is 0 Å². The zero-order chi connectivity index (χ0) is 21.3. The highest BCUT2D eigenvalue weighted by atomic mass is 16.7. The molecule has 0 aromatic rings. The summed E-state index contributed by atoms with van der Waals surface area (Å²) in [5.41, 5.74) is 2.29. The Morgan fingerprint density at radius 2 is 1.93 bits per heavy atom.